The molecule has 0 N–H and O–H groups in total. The zero-order valence-electron chi connectivity index (χ0n) is 26.3. The fourth-order valence-corrected chi connectivity index (χ4v) is 6.07. The summed E-state index contributed by atoms with van der Waals surface area (Å²) < 4.78 is 10.8. The van der Waals surface area contributed by atoms with Crippen LogP contribution in [-0.2, 0) is 40.3 Å². The van der Waals surface area contributed by atoms with Crippen LogP contribution in [0.3, 0.4) is 0 Å². The Labute approximate surface area is 270 Å². The summed E-state index contributed by atoms with van der Waals surface area (Å²) >= 11 is 0. The van der Waals surface area contributed by atoms with Gasteiger partial charge in [-0.15, -0.1) is 0 Å². The van der Waals surface area contributed by atoms with Crippen molar-refractivity contribution >= 4 is 23.7 Å². The lowest BCUT2D eigenvalue weighted by atomic mass is 9.97. The summed E-state index contributed by atoms with van der Waals surface area (Å²) in [6, 6.07) is 29.0. The predicted molar refractivity (Wildman–Crippen MR) is 179 cm³/mol. The number of amides is 2. The van der Waals surface area contributed by atoms with Crippen molar-refractivity contribution in [3.8, 4) is 5.75 Å². The Hall–Kier alpha value is -4.95. The number of nitrogens with zero attached hydrogens (tertiary/aromatic N) is 4. The van der Waals surface area contributed by atoms with Gasteiger partial charge in [-0.25, -0.2) is 4.98 Å². The van der Waals surface area contributed by atoms with Gasteiger partial charge in [0.2, 0.25) is 11.8 Å². The Morgan fingerprint density at radius 1 is 0.891 bits per heavy atom. The van der Waals surface area contributed by atoms with Crippen LogP contribution in [-0.4, -0.2) is 72.6 Å². The number of ether oxygens (including phenoxy) is 2. The van der Waals surface area contributed by atoms with E-state index in [4.69, 9.17) is 14.5 Å². The van der Waals surface area contributed by atoms with Crippen LogP contribution < -0.4 is 9.64 Å². The minimum absolute atomic E-state index is 0.0533. The summed E-state index contributed by atoms with van der Waals surface area (Å²) in [5.74, 6) is 1.34. The maximum atomic E-state index is 14.5. The maximum absolute atomic E-state index is 14.5. The molecule has 1 fully saturated rings. The summed E-state index contributed by atoms with van der Waals surface area (Å²) in [5, 5.41) is 0. The van der Waals surface area contributed by atoms with Gasteiger partial charge in [0.25, 0.3) is 0 Å². The summed E-state index contributed by atoms with van der Waals surface area (Å²) in [6.45, 7) is 4.32. The molecule has 0 bridgehead atoms. The van der Waals surface area contributed by atoms with Crippen molar-refractivity contribution in [1.29, 1.82) is 0 Å². The number of anilines is 1. The molecule has 8 nitrogen and oxygen atoms in total. The topological polar surface area (TPSA) is 75.2 Å². The van der Waals surface area contributed by atoms with E-state index < -0.39 is 6.04 Å². The van der Waals surface area contributed by atoms with Crippen LogP contribution in [0.1, 0.15) is 27.8 Å². The second kappa shape index (κ2) is 14.9. The van der Waals surface area contributed by atoms with Crippen molar-refractivity contribution in [2.24, 2.45) is 0 Å². The number of hydrogen-bond acceptors (Lipinski definition) is 6. The highest BCUT2D eigenvalue weighted by atomic mass is 16.5. The number of carbonyl (C=O) groups excluding carboxylic acids is 2. The van der Waals surface area contributed by atoms with Gasteiger partial charge in [-0.1, -0.05) is 72.8 Å². The van der Waals surface area contributed by atoms with E-state index in [0.717, 1.165) is 53.3 Å². The van der Waals surface area contributed by atoms with Gasteiger partial charge in [0.05, 0.1) is 20.3 Å². The molecule has 236 valence electrons. The molecule has 6 rings (SSSR count). The van der Waals surface area contributed by atoms with E-state index in [1.54, 1.807) is 24.2 Å². The highest BCUT2D eigenvalue weighted by Gasteiger charge is 2.34. The molecule has 3 heterocycles. The predicted octanol–water partition coefficient (Wildman–Crippen LogP) is 5.17. The molecule has 0 radical (unpaired) electrons. The van der Waals surface area contributed by atoms with Crippen molar-refractivity contribution in [1.82, 2.24) is 14.8 Å². The van der Waals surface area contributed by atoms with Gasteiger partial charge in [-0.2, -0.15) is 0 Å². The van der Waals surface area contributed by atoms with Crippen molar-refractivity contribution in [2.75, 3.05) is 44.9 Å². The van der Waals surface area contributed by atoms with Crippen LogP contribution in [0.2, 0.25) is 0 Å². The van der Waals surface area contributed by atoms with Crippen molar-refractivity contribution in [3.05, 3.63) is 131 Å². The average Bonchev–Trinajstić information content (AvgIpc) is 3.13. The van der Waals surface area contributed by atoms with E-state index in [1.165, 1.54) is 5.56 Å². The summed E-state index contributed by atoms with van der Waals surface area (Å²) in [4.78, 5) is 39.2. The van der Waals surface area contributed by atoms with E-state index in [2.05, 4.69) is 17.0 Å². The Morgan fingerprint density at radius 3 is 2.35 bits per heavy atom. The van der Waals surface area contributed by atoms with Crippen LogP contribution in [0.4, 0.5) is 5.82 Å². The number of methoxy groups -OCH3 is 1. The summed E-state index contributed by atoms with van der Waals surface area (Å²) in [7, 11) is 1.62. The first-order valence-electron chi connectivity index (χ1n) is 15.9. The van der Waals surface area contributed by atoms with Crippen LogP contribution in [0, 0.1) is 0 Å². The van der Waals surface area contributed by atoms with Gasteiger partial charge < -0.3 is 24.2 Å². The number of benzene rings is 3. The number of pyridine rings is 1. The second-order valence-corrected chi connectivity index (χ2v) is 11.7. The van der Waals surface area contributed by atoms with E-state index >= 15 is 0 Å². The molecule has 1 aromatic heterocycles. The van der Waals surface area contributed by atoms with Crippen LogP contribution >= 0.6 is 0 Å². The number of morpholine rings is 1. The smallest absolute Gasteiger partial charge is 0.247 e. The molecule has 3 aromatic carbocycles. The largest absolute Gasteiger partial charge is 0.497 e. The molecular weight excluding hydrogens is 576 g/mol. The van der Waals surface area contributed by atoms with Crippen LogP contribution in [0.15, 0.2) is 103 Å². The van der Waals surface area contributed by atoms with E-state index in [0.29, 0.717) is 32.7 Å². The minimum atomic E-state index is -0.709. The first-order chi connectivity index (χ1) is 22.6. The Bertz CT molecular complexity index is 1630. The molecule has 0 aliphatic carbocycles. The highest BCUT2D eigenvalue weighted by molar-refractivity contribution is 5.96. The Morgan fingerprint density at radius 2 is 1.63 bits per heavy atom. The first-order valence-corrected chi connectivity index (χ1v) is 15.9. The van der Waals surface area contributed by atoms with E-state index in [1.807, 2.05) is 90.0 Å². The molecule has 0 spiro atoms. The molecule has 2 aliphatic rings. The summed E-state index contributed by atoms with van der Waals surface area (Å²) in [6.07, 6.45) is 6.36. The fraction of sp³-hybridized carbons (Fsp3) is 0.289. The molecule has 2 aliphatic heterocycles. The normalized spacial score (nSPS) is 15.3. The third kappa shape index (κ3) is 7.64. The molecular formula is C38H40N4O4. The third-order valence-electron chi connectivity index (χ3n) is 8.69. The maximum Gasteiger partial charge on any atom is 0.247 e. The quantitative estimate of drug-likeness (QED) is 0.229. The lowest BCUT2D eigenvalue weighted by molar-refractivity contribution is -0.144. The number of carbonyl (C=O) groups is 2. The standard InChI is InChI=1S/C38H40N4O4/c1-45-34-15-11-29(12-16-34)14-18-37(43)42(27-31-13-17-36(39-26-31)40-21-23-46-24-22-40)35(25-30-7-3-2-4-8-30)38(44)41-20-19-32-9-5-6-10-33(32)28-41/h2-18,26,35H,19-25,27-28H2,1H3. The zero-order valence-corrected chi connectivity index (χ0v) is 26.3. The third-order valence-corrected chi connectivity index (χ3v) is 8.69. The lowest BCUT2D eigenvalue weighted by Gasteiger charge is -2.37. The van der Waals surface area contributed by atoms with E-state index in [-0.39, 0.29) is 18.4 Å². The minimum Gasteiger partial charge on any atom is -0.497 e. The molecule has 46 heavy (non-hydrogen) atoms. The van der Waals surface area contributed by atoms with Crippen molar-refractivity contribution in [3.63, 3.8) is 0 Å². The average molecular weight is 617 g/mol. The molecule has 1 saturated heterocycles. The SMILES string of the molecule is COc1ccc(C=CC(=O)N(Cc2ccc(N3CCOCC3)nc2)C(Cc2ccccc2)C(=O)N2CCc3ccccc3C2)cc1. The molecule has 2 amide bonds. The number of fused-ring (bicyclic) bond motifs is 1. The zero-order chi connectivity index (χ0) is 31.7. The fourth-order valence-electron chi connectivity index (χ4n) is 6.07. The molecule has 1 atom stereocenters. The first kappa shape index (κ1) is 31.0. The van der Waals surface area contributed by atoms with Gasteiger partial charge in [0, 0.05) is 51.4 Å². The van der Waals surface area contributed by atoms with Gasteiger partial charge in [0.15, 0.2) is 0 Å². The molecule has 8 heteroatoms. The van der Waals surface area contributed by atoms with Crippen molar-refractivity contribution in [2.45, 2.75) is 32.0 Å². The van der Waals surface area contributed by atoms with Crippen LogP contribution in [0.25, 0.3) is 6.08 Å². The lowest BCUT2D eigenvalue weighted by Crippen LogP contribution is -2.52. The number of rotatable bonds is 10. The van der Waals surface area contributed by atoms with Gasteiger partial charge in [0.1, 0.15) is 17.6 Å². The van der Waals surface area contributed by atoms with Gasteiger partial charge in [-0.05, 0) is 58.5 Å². The van der Waals surface area contributed by atoms with Crippen molar-refractivity contribution < 1.29 is 19.1 Å². The molecule has 0 saturated carbocycles. The highest BCUT2D eigenvalue weighted by Crippen LogP contribution is 2.24. The number of hydrogen-bond donors (Lipinski definition) is 0. The van der Waals surface area contributed by atoms with Gasteiger partial charge >= 0.3 is 0 Å². The van der Waals surface area contributed by atoms with Gasteiger partial charge in [-0.3, -0.25) is 9.59 Å². The Balaban J connectivity index is 1.32. The monoisotopic (exact) mass is 616 g/mol. The Kier molecular flexibility index (Phi) is 10.0. The second-order valence-electron chi connectivity index (χ2n) is 11.7. The molecule has 4 aromatic rings. The molecule has 1 unspecified atom stereocenters. The van der Waals surface area contributed by atoms with E-state index in [9.17, 15) is 9.59 Å². The number of aromatic nitrogens is 1. The summed E-state index contributed by atoms with van der Waals surface area (Å²) in [5.41, 5.74) is 5.15. The van der Waals surface area contributed by atoms with Crippen LogP contribution in [0.5, 0.6) is 5.75 Å².